The van der Waals surface area contributed by atoms with Crippen molar-refractivity contribution in [3.8, 4) is 0 Å². The monoisotopic (exact) mass is 273 g/mol. The van der Waals surface area contributed by atoms with Gasteiger partial charge in [0.05, 0.1) is 12.2 Å². The Labute approximate surface area is 111 Å². The lowest BCUT2D eigenvalue weighted by atomic mass is 9.91. The second-order valence-electron chi connectivity index (χ2n) is 4.78. The molecule has 0 radical (unpaired) electrons. The Hall–Kier alpha value is -1.07. The predicted molar refractivity (Wildman–Crippen MR) is 66.8 cm³/mol. The average Bonchev–Trinajstić information content (AvgIpc) is 2.89. The van der Waals surface area contributed by atoms with Crippen molar-refractivity contribution in [2.24, 2.45) is 5.92 Å². The van der Waals surface area contributed by atoms with Gasteiger partial charge in [-0.3, -0.25) is 0 Å². The van der Waals surface area contributed by atoms with Crippen molar-refractivity contribution in [1.82, 2.24) is 5.32 Å². The molecule has 0 aromatic heterocycles. The molecule has 2 nitrogen and oxygen atoms in total. The second kappa shape index (κ2) is 5.92. The van der Waals surface area contributed by atoms with E-state index in [1.165, 1.54) is 0 Å². The largest absolute Gasteiger partial charge is 0.416 e. The number of benzene rings is 1. The SMILES string of the molecule is CCNC(c1ccc(C(F)(F)F)cc1)C1CCOC1. The van der Waals surface area contributed by atoms with Gasteiger partial charge in [0.2, 0.25) is 0 Å². The molecule has 1 aliphatic heterocycles. The van der Waals surface area contributed by atoms with Crippen LogP contribution in [-0.2, 0) is 10.9 Å². The Kier molecular flexibility index (Phi) is 4.47. The van der Waals surface area contributed by atoms with Gasteiger partial charge < -0.3 is 10.1 Å². The Bertz CT molecular complexity index is 396. The van der Waals surface area contributed by atoms with Crippen molar-refractivity contribution in [3.05, 3.63) is 35.4 Å². The minimum absolute atomic E-state index is 0.0646. The first-order valence-electron chi connectivity index (χ1n) is 6.50. The zero-order chi connectivity index (χ0) is 13.9. The van der Waals surface area contributed by atoms with Crippen LogP contribution in [0, 0.1) is 5.92 Å². The quantitative estimate of drug-likeness (QED) is 0.908. The summed E-state index contributed by atoms with van der Waals surface area (Å²) in [7, 11) is 0. The molecular weight excluding hydrogens is 255 g/mol. The molecule has 1 heterocycles. The summed E-state index contributed by atoms with van der Waals surface area (Å²) in [5, 5.41) is 3.34. The highest BCUT2D eigenvalue weighted by molar-refractivity contribution is 5.27. The number of hydrogen-bond acceptors (Lipinski definition) is 2. The maximum Gasteiger partial charge on any atom is 0.416 e. The highest BCUT2D eigenvalue weighted by Crippen LogP contribution is 2.32. The van der Waals surface area contributed by atoms with Gasteiger partial charge in [-0.15, -0.1) is 0 Å². The molecule has 0 spiro atoms. The van der Waals surface area contributed by atoms with Crippen molar-refractivity contribution in [1.29, 1.82) is 0 Å². The van der Waals surface area contributed by atoms with Crippen molar-refractivity contribution >= 4 is 0 Å². The molecule has 1 N–H and O–H groups in total. The van der Waals surface area contributed by atoms with Crippen LogP contribution in [0.25, 0.3) is 0 Å². The first-order chi connectivity index (χ1) is 9.02. The summed E-state index contributed by atoms with van der Waals surface area (Å²) in [6.45, 7) is 4.17. The first-order valence-corrected chi connectivity index (χ1v) is 6.50. The topological polar surface area (TPSA) is 21.3 Å². The average molecular weight is 273 g/mol. The number of nitrogens with one attached hydrogen (secondary N) is 1. The smallest absolute Gasteiger partial charge is 0.381 e. The zero-order valence-electron chi connectivity index (χ0n) is 10.8. The summed E-state index contributed by atoms with van der Waals surface area (Å²) >= 11 is 0. The number of halogens is 3. The van der Waals surface area contributed by atoms with Crippen LogP contribution < -0.4 is 5.32 Å². The van der Waals surface area contributed by atoms with E-state index in [0.29, 0.717) is 12.5 Å². The molecule has 1 saturated heterocycles. The van der Waals surface area contributed by atoms with Gasteiger partial charge in [-0.2, -0.15) is 13.2 Å². The number of ether oxygens (including phenoxy) is 1. The van der Waals surface area contributed by atoms with E-state index in [9.17, 15) is 13.2 Å². The van der Waals surface area contributed by atoms with Crippen LogP contribution in [0.15, 0.2) is 24.3 Å². The fourth-order valence-corrected chi connectivity index (χ4v) is 2.47. The third-order valence-corrected chi connectivity index (χ3v) is 3.46. The van der Waals surface area contributed by atoms with Crippen LogP contribution in [0.5, 0.6) is 0 Å². The number of hydrogen-bond donors (Lipinski definition) is 1. The molecule has 5 heteroatoms. The highest BCUT2D eigenvalue weighted by Gasteiger charge is 2.31. The van der Waals surface area contributed by atoms with Crippen molar-refractivity contribution in [2.45, 2.75) is 25.6 Å². The van der Waals surface area contributed by atoms with E-state index in [-0.39, 0.29) is 6.04 Å². The van der Waals surface area contributed by atoms with E-state index in [4.69, 9.17) is 4.74 Å². The summed E-state index contributed by atoms with van der Waals surface area (Å²) in [5.74, 6) is 0.330. The van der Waals surface area contributed by atoms with Gasteiger partial charge in [-0.25, -0.2) is 0 Å². The maximum absolute atomic E-state index is 12.5. The van der Waals surface area contributed by atoms with Crippen LogP contribution in [0.2, 0.25) is 0 Å². The summed E-state index contributed by atoms with van der Waals surface area (Å²) in [5.41, 5.74) is 0.291. The first kappa shape index (κ1) is 14.3. The van der Waals surface area contributed by atoms with Crippen LogP contribution >= 0.6 is 0 Å². The lowest BCUT2D eigenvalue weighted by Crippen LogP contribution is -2.28. The Morgan fingerprint density at radius 1 is 1.32 bits per heavy atom. The third kappa shape index (κ3) is 3.48. The predicted octanol–water partition coefficient (Wildman–Crippen LogP) is 3.39. The van der Waals surface area contributed by atoms with Gasteiger partial charge in [0.1, 0.15) is 0 Å². The van der Waals surface area contributed by atoms with E-state index in [1.807, 2.05) is 6.92 Å². The highest BCUT2D eigenvalue weighted by atomic mass is 19.4. The molecule has 0 amide bonds. The molecule has 0 aliphatic carbocycles. The molecule has 2 atom stereocenters. The van der Waals surface area contributed by atoms with Gasteiger partial charge in [-0.1, -0.05) is 19.1 Å². The van der Waals surface area contributed by atoms with E-state index < -0.39 is 11.7 Å². The standard InChI is InChI=1S/C14H18F3NO/c1-2-18-13(11-7-8-19-9-11)10-3-5-12(6-4-10)14(15,16)17/h3-6,11,13,18H,2,7-9H2,1H3. The van der Waals surface area contributed by atoms with Crippen LogP contribution in [0.1, 0.15) is 30.5 Å². The van der Waals surface area contributed by atoms with Gasteiger partial charge in [-0.05, 0) is 30.7 Å². The molecule has 2 unspecified atom stereocenters. The third-order valence-electron chi connectivity index (χ3n) is 3.46. The van der Waals surface area contributed by atoms with E-state index in [0.717, 1.165) is 37.3 Å². The van der Waals surface area contributed by atoms with E-state index in [2.05, 4.69) is 5.32 Å². The molecule has 1 fully saturated rings. The fraction of sp³-hybridized carbons (Fsp3) is 0.571. The van der Waals surface area contributed by atoms with Gasteiger partial charge in [0, 0.05) is 18.6 Å². The molecule has 19 heavy (non-hydrogen) atoms. The summed E-state index contributed by atoms with van der Waals surface area (Å²) < 4.78 is 43.0. The van der Waals surface area contributed by atoms with Crippen molar-refractivity contribution < 1.29 is 17.9 Å². The maximum atomic E-state index is 12.5. The minimum Gasteiger partial charge on any atom is -0.381 e. The summed E-state index contributed by atoms with van der Waals surface area (Å²) in [4.78, 5) is 0. The Morgan fingerprint density at radius 2 is 2.00 bits per heavy atom. The van der Waals surface area contributed by atoms with Crippen LogP contribution in [-0.4, -0.2) is 19.8 Å². The fourth-order valence-electron chi connectivity index (χ4n) is 2.47. The molecule has 1 aromatic rings. The molecule has 106 valence electrons. The molecule has 1 aromatic carbocycles. The zero-order valence-corrected chi connectivity index (χ0v) is 10.8. The van der Waals surface area contributed by atoms with Gasteiger partial charge in [0.25, 0.3) is 0 Å². The molecule has 0 bridgehead atoms. The van der Waals surface area contributed by atoms with Crippen molar-refractivity contribution in [2.75, 3.05) is 19.8 Å². The lowest BCUT2D eigenvalue weighted by molar-refractivity contribution is -0.137. The molecule has 2 rings (SSSR count). The Morgan fingerprint density at radius 3 is 2.47 bits per heavy atom. The minimum atomic E-state index is -4.28. The van der Waals surface area contributed by atoms with Crippen LogP contribution in [0.4, 0.5) is 13.2 Å². The van der Waals surface area contributed by atoms with E-state index >= 15 is 0 Å². The number of alkyl halides is 3. The normalized spacial score (nSPS) is 21.6. The molecule has 0 saturated carbocycles. The van der Waals surface area contributed by atoms with Crippen molar-refractivity contribution in [3.63, 3.8) is 0 Å². The van der Waals surface area contributed by atoms with Gasteiger partial charge in [0.15, 0.2) is 0 Å². The Balaban J connectivity index is 2.17. The van der Waals surface area contributed by atoms with Gasteiger partial charge >= 0.3 is 6.18 Å². The molecular formula is C14H18F3NO. The number of rotatable bonds is 4. The summed E-state index contributed by atoms with van der Waals surface area (Å²) in [6, 6.07) is 5.49. The van der Waals surface area contributed by atoms with Crippen LogP contribution in [0.3, 0.4) is 0 Å². The van der Waals surface area contributed by atoms with E-state index in [1.54, 1.807) is 12.1 Å². The second-order valence-corrected chi connectivity index (χ2v) is 4.78. The lowest BCUT2D eigenvalue weighted by Gasteiger charge is -2.24. The summed E-state index contributed by atoms with van der Waals surface area (Å²) in [6.07, 6.45) is -3.33. The molecule has 1 aliphatic rings.